The molecular weight excluding hydrogens is 428 g/mol. The molecule has 1 amide bonds. The molecule has 3 aromatic rings. The quantitative estimate of drug-likeness (QED) is 0.530. The number of rotatable bonds is 9. The lowest BCUT2D eigenvalue weighted by Crippen LogP contribution is -2.36. The van der Waals surface area contributed by atoms with Gasteiger partial charge in [0.15, 0.2) is 11.5 Å². The van der Waals surface area contributed by atoms with Crippen LogP contribution in [0.1, 0.15) is 21.8 Å². The third-order valence-electron chi connectivity index (χ3n) is 5.31. The number of ether oxygens (including phenoxy) is 2. The summed E-state index contributed by atoms with van der Waals surface area (Å²) in [6, 6.07) is 5.67. The van der Waals surface area contributed by atoms with E-state index in [0.717, 1.165) is 20.8 Å². The molecule has 8 nitrogen and oxygen atoms in total. The van der Waals surface area contributed by atoms with E-state index in [1.807, 2.05) is 51.0 Å². The van der Waals surface area contributed by atoms with Crippen molar-refractivity contribution in [2.45, 2.75) is 33.4 Å². The minimum atomic E-state index is -0.224. The summed E-state index contributed by atoms with van der Waals surface area (Å²) >= 11 is 1.52. The zero-order chi connectivity index (χ0) is 23.4. The third-order valence-corrected chi connectivity index (χ3v) is 6.41. The topological polar surface area (TPSA) is 85.7 Å². The number of aromatic nitrogens is 2. The second-order valence-corrected chi connectivity index (χ2v) is 9.11. The van der Waals surface area contributed by atoms with Crippen molar-refractivity contribution in [3.8, 4) is 11.5 Å². The number of hydrogen-bond donors (Lipinski definition) is 1. The van der Waals surface area contributed by atoms with Crippen molar-refractivity contribution in [1.29, 1.82) is 0 Å². The summed E-state index contributed by atoms with van der Waals surface area (Å²) in [5.41, 5.74) is 1.78. The van der Waals surface area contributed by atoms with Crippen LogP contribution in [0, 0.1) is 13.8 Å². The average Bonchev–Trinajstić information content (AvgIpc) is 3.03. The number of thiophene rings is 1. The fourth-order valence-electron chi connectivity index (χ4n) is 3.52. The van der Waals surface area contributed by atoms with Crippen molar-refractivity contribution < 1.29 is 14.3 Å². The fourth-order valence-corrected chi connectivity index (χ4v) is 4.56. The van der Waals surface area contributed by atoms with Crippen LogP contribution in [-0.2, 0) is 24.3 Å². The number of fused-ring (bicyclic) bond motifs is 1. The third kappa shape index (κ3) is 5.11. The van der Waals surface area contributed by atoms with Gasteiger partial charge >= 0.3 is 0 Å². The molecule has 3 rings (SSSR count). The molecule has 2 aromatic heterocycles. The zero-order valence-electron chi connectivity index (χ0n) is 19.4. The maximum atomic E-state index is 13.2. The number of methoxy groups -OCH3 is 2. The molecule has 1 N–H and O–H groups in total. The molecule has 0 aliphatic carbocycles. The molecule has 0 saturated heterocycles. The number of nitrogens with zero attached hydrogens (tertiary/aromatic N) is 3. The Balaban J connectivity index is 1.75. The van der Waals surface area contributed by atoms with E-state index in [9.17, 15) is 9.59 Å². The standard InChI is InChI=1S/C23H30N4O4S/c1-14-15(2)32-22-21(14)23(29)27(19(25-22)12-26(3)4)13-20(28)24-10-9-16-7-8-17(30-5)18(11-16)31-6/h7-8,11H,9-10,12-13H2,1-6H3,(H,24,28). The molecule has 32 heavy (non-hydrogen) atoms. The average molecular weight is 459 g/mol. The van der Waals surface area contributed by atoms with E-state index < -0.39 is 0 Å². The lowest BCUT2D eigenvalue weighted by atomic mass is 10.1. The molecule has 0 bridgehead atoms. The van der Waals surface area contributed by atoms with E-state index in [0.29, 0.717) is 42.2 Å². The molecule has 0 aliphatic heterocycles. The van der Waals surface area contributed by atoms with Gasteiger partial charge in [-0.05, 0) is 57.6 Å². The molecule has 9 heteroatoms. The van der Waals surface area contributed by atoms with E-state index in [4.69, 9.17) is 14.5 Å². The number of carbonyl (C=O) groups is 1. The highest BCUT2D eigenvalue weighted by Crippen LogP contribution is 2.28. The van der Waals surface area contributed by atoms with Gasteiger partial charge in [0.1, 0.15) is 17.2 Å². The van der Waals surface area contributed by atoms with E-state index in [1.165, 1.54) is 15.9 Å². The highest BCUT2D eigenvalue weighted by molar-refractivity contribution is 7.18. The molecule has 0 saturated carbocycles. The predicted octanol–water partition coefficient (Wildman–Crippen LogP) is 2.51. The lowest BCUT2D eigenvalue weighted by molar-refractivity contribution is -0.121. The SMILES string of the molecule is COc1ccc(CCNC(=O)Cn2c(CN(C)C)nc3sc(C)c(C)c3c2=O)cc1OC. The predicted molar refractivity (Wildman–Crippen MR) is 127 cm³/mol. The van der Waals surface area contributed by atoms with Gasteiger partial charge < -0.3 is 19.7 Å². The monoisotopic (exact) mass is 458 g/mol. The summed E-state index contributed by atoms with van der Waals surface area (Å²) in [7, 11) is 7.01. The van der Waals surface area contributed by atoms with E-state index >= 15 is 0 Å². The van der Waals surface area contributed by atoms with Crippen LogP contribution in [0.5, 0.6) is 11.5 Å². The lowest BCUT2D eigenvalue weighted by Gasteiger charge is -2.16. The van der Waals surface area contributed by atoms with Crippen molar-refractivity contribution in [3.05, 3.63) is 50.4 Å². The second-order valence-electron chi connectivity index (χ2n) is 7.91. The summed E-state index contributed by atoms with van der Waals surface area (Å²) in [5, 5.41) is 3.52. The molecule has 0 atom stereocenters. The Bertz CT molecular complexity index is 1180. The van der Waals surface area contributed by atoms with Crippen LogP contribution >= 0.6 is 11.3 Å². The van der Waals surface area contributed by atoms with Crippen molar-refractivity contribution in [2.24, 2.45) is 0 Å². The van der Waals surface area contributed by atoms with Crippen molar-refractivity contribution >= 4 is 27.5 Å². The van der Waals surface area contributed by atoms with Gasteiger partial charge in [0.05, 0.1) is 26.2 Å². The molecule has 0 unspecified atom stereocenters. The molecule has 0 spiro atoms. The van der Waals surface area contributed by atoms with Crippen molar-refractivity contribution in [2.75, 3.05) is 34.9 Å². The second kappa shape index (κ2) is 10.1. The number of aryl methyl sites for hydroxylation is 2. The molecule has 1 aromatic carbocycles. The minimum Gasteiger partial charge on any atom is -0.493 e. The van der Waals surface area contributed by atoms with Crippen LogP contribution in [0.3, 0.4) is 0 Å². The number of carbonyl (C=O) groups excluding carboxylic acids is 1. The van der Waals surface area contributed by atoms with Crippen LogP contribution in [0.2, 0.25) is 0 Å². The number of nitrogens with one attached hydrogen (secondary N) is 1. The highest BCUT2D eigenvalue weighted by atomic mass is 32.1. The Morgan fingerprint density at radius 1 is 1.19 bits per heavy atom. The van der Waals surface area contributed by atoms with E-state index in [1.54, 1.807) is 14.2 Å². The highest BCUT2D eigenvalue weighted by Gasteiger charge is 2.18. The summed E-state index contributed by atoms with van der Waals surface area (Å²) in [6.07, 6.45) is 0.631. The van der Waals surface area contributed by atoms with Gasteiger partial charge in [-0.3, -0.25) is 14.2 Å². The smallest absolute Gasteiger partial charge is 0.263 e. The van der Waals surface area contributed by atoms with Crippen LogP contribution in [0.15, 0.2) is 23.0 Å². The van der Waals surface area contributed by atoms with Gasteiger partial charge in [-0.2, -0.15) is 0 Å². The van der Waals surface area contributed by atoms with Gasteiger partial charge in [0.25, 0.3) is 5.56 Å². The molecule has 0 aliphatic rings. The largest absolute Gasteiger partial charge is 0.493 e. The maximum absolute atomic E-state index is 13.2. The Morgan fingerprint density at radius 3 is 2.56 bits per heavy atom. The number of amides is 1. The normalized spacial score (nSPS) is 11.2. The van der Waals surface area contributed by atoms with Gasteiger partial charge in [0, 0.05) is 11.4 Å². The summed E-state index contributed by atoms with van der Waals surface area (Å²) in [4.78, 5) is 34.4. The van der Waals surface area contributed by atoms with E-state index in [-0.39, 0.29) is 18.0 Å². The maximum Gasteiger partial charge on any atom is 0.263 e. The number of hydrogen-bond acceptors (Lipinski definition) is 7. The van der Waals surface area contributed by atoms with Gasteiger partial charge in [-0.15, -0.1) is 11.3 Å². The van der Waals surface area contributed by atoms with E-state index in [2.05, 4.69) is 5.32 Å². The Kier molecular flexibility index (Phi) is 7.52. The summed E-state index contributed by atoms with van der Waals surface area (Å²) < 4.78 is 12.1. The van der Waals surface area contributed by atoms with Crippen molar-refractivity contribution in [3.63, 3.8) is 0 Å². The Morgan fingerprint density at radius 2 is 1.91 bits per heavy atom. The first-order valence-corrected chi connectivity index (χ1v) is 11.2. The van der Waals surface area contributed by atoms with Crippen molar-refractivity contribution in [1.82, 2.24) is 19.8 Å². The first-order chi connectivity index (χ1) is 15.2. The Hall–Kier alpha value is -2.91. The summed E-state index contributed by atoms with van der Waals surface area (Å²) in [6.45, 7) is 4.76. The Labute approximate surface area is 191 Å². The first kappa shape index (κ1) is 23.7. The molecule has 0 fully saturated rings. The molecule has 2 heterocycles. The van der Waals surface area contributed by atoms with Crippen LogP contribution in [0.4, 0.5) is 0 Å². The first-order valence-electron chi connectivity index (χ1n) is 10.4. The number of benzene rings is 1. The van der Waals surface area contributed by atoms with Crippen LogP contribution in [-0.4, -0.2) is 55.2 Å². The zero-order valence-corrected chi connectivity index (χ0v) is 20.3. The van der Waals surface area contributed by atoms with Crippen LogP contribution < -0.4 is 20.3 Å². The van der Waals surface area contributed by atoms with Crippen LogP contribution in [0.25, 0.3) is 10.2 Å². The molecule has 172 valence electrons. The van der Waals surface area contributed by atoms with Gasteiger partial charge in [0.2, 0.25) is 5.91 Å². The summed E-state index contributed by atoms with van der Waals surface area (Å²) in [5.74, 6) is 1.68. The molecular formula is C23H30N4O4S. The fraction of sp³-hybridized carbons (Fsp3) is 0.435. The minimum absolute atomic E-state index is 0.0643. The van der Waals surface area contributed by atoms with Gasteiger partial charge in [-0.25, -0.2) is 4.98 Å². The van der Waals surface area contributed by atoms with Gasteiger partial charge in [-0.1, -0.05) is 6.07 Å². The molecule has 0 radical (unpaired) electrons.